The van der Waals surface area contributed by atoms with E-state index in [0.717, 1.165) is 151 Å². The molecule has 2 rings (SSSR count). The number of carbonyl (C=O) groups excluding carboxylic acids is 2. The molecule has 0 aliphatic heterocycles. The van der Waals surface area contributed by atoms with Gasteiger partial charge >= 0.3 is 25.7 Å². The quantitative estimate of drug-likeness (QED) is 0.0333. The maximum absolute atomic E-state index is 12.7. The Morgan fingerprint density at radius 1 is 0.644 bits per heavy atom. The van der Waals surface area contributed by atoms with E-state index in [1.165, 1.54) is 16.7 Å². The van der Waals surface area contributed by atoms with Crippen LogP contribution in [0.3, 0.4) is 0 Å². The van der Waals surface area contributed by atoms with Crippen molar-refractivity contribution in [3.05, 3.63) is 45.8 Å². The van der Waals surface area contributed by atoms with Crippen molar-refractivity contribution in [2.24, 2.45) is 5.73 Å². The Labute approximate surface area is 353 Å². The first-order chi connectivity index (χ1) is 28.3. The molecular formula is C45H76NO12P. The molecule has 3 unspecified atom stereocenters. The molecule has 0 aliphatic rings. The molecule has 2 aromatic heterocycles. The van der Waals surface area contributed by atoms with Crippen LogP contribution < -0.4 is 5.73 Å². The molecule has 4 N–H and O–H groups in total. The molecule has 3 atom stereocenters. The zero-order valence-electron chi connectivity index (χ0n) is 36.8. The Morgan fingerprint density at radius 3 is 1.66 bits per heavy atom. The van der Waals surface area contributed by atoms with Crippen LogP contribution in [-0.4, -0.2) is 59.9 Å². The number of esters is 2. The molecule has 338 valence electrons. The smallest absolute Gasteiger partial charge is 0.472 e. The van der Waals surface area contributed by atoms with Gasteiger partial charge in [0.15, 0.2) is 6.10 Å². The van der Waals surface area contributed by atoms with Crippen LogP contribution in [0.1, 0.15) is 182 Å². The van der Waals surface area contributed by atoms with Gasteiger partial charge in [0.25, 0.3) is 0 Å². The lowest BCUT2D eigenvalue weighted by Gasteiger charge is -2.20. The summed E-state index contributed by atoms with van der Waals surface area (Å²) in [7, 11) is -4.74. The van der Waals surface area contributed by atoms with Crippen LogP contribution >= 0.6 is 7.82 Å². The standard InChI is InChI=1S/C45H76NO12P/c1-6-24-37-30-34(3)40(56-37)26-20-16-12-8-11-15-19-23-29-44(48)57-38(32-54-59(51,52)55-33-39(46)45(49)50)31-53-43(47)28-22-18-14-10-9-13-17-21-27-42-36(5)35(4)41(58-42)25-7-2/h30,38-39H,6-29,31-33,46H2,1-5H3,(H,49,50)(H,51,52). The Bertz CT molecular complexity index is 1530. The topological polar surface area (TPSA) is 198 Å². The molecular weight excluding hydrogens is 777 g/mol. The van der Waals surface area contributed by atoms with E-state index >= 15 is 0 Å². The molecule has 0 spiro atoms. The summed E-state index contributed by atoms with van der Waals surface area (Å²) in [6.45, 7) is 9.01. The fraction of sp³-hybridized carbons (Fsp3) is 0.756. The van der Waals surface area contributed by atoms with Crippen LogP contribution in [0, 0.1) is 20.8 Å². The predicted octanol–water partition coefficient (Wildman–Crippen LogP) is 10.5. The summed E-state index contributed by atoms with van der Waals surface area (Å²) in [5.74, 6) is 2.02. The minimum atomic E-state index is -4.74. The molecule has 2 aromatic rings. The molecule has 0 saturated carbocycles. The minimum absolute atomic E-state index is 0.136. The largest absolute Gasteiger partial charge is 0.480 e. The van der Waals surface area contributed by atoms with E-state index in [4.69, 9.17) is 33.7 Å². The van der Waals surface area contributed by atoms with E-state index in [9.17, 15) is 23.8 Å². The maximum atomic E-state index is 12.7. The third-order valence-electron chi connectivity index (χ3n) is 10.6. The Balaban J connectivity index is 1.63. The van der Waals surface area contributed by atoms with Crippen LogP contribution in [0.5, 0.6) is 0 Å². The van der Waals surface area contributed by atoms with Crippen molar-refractivity contribution >= 4 is 25.7 Å². The third-order valence-corrected chi connectivity index (χ3v) is 11.6. The monoisotopic (exact) mass is 854 g/mol. The van der Waals surface area contributed by atoms with Gasteiger partial charge in [0.2, 0.25) is 0 Å². The van der Waals surface area contributed by atoms with Crippen molar-refractivity contribution in [2.75, 3.05) is 19.8 Å². The molecule has 2 heterocycles. The number of hydrogen-bond donors (Lipinski definition) is 3. The maximum Gasteiger partial charge on any atom is 0.472 e. The fourth-order valence-electron chi connectivity index (χ4n) is 6.94. The number of carboxylic acid groups (broad SMARTS) is 1. The van der Waals surface area contributed by atoms with Crippen molar-refractivity contribution in [3.63, 3.8) is 0 Å². The number of furan rings is 2. The number of carboxylic acids is 1. The summed E-state index contributed by atoms with van der Waals surface area (Å²) in [4.78, 5) is 46.2. The predicted molar refractivity (Wildman–Crippen MR) is 228 cm³/mol. The number of nitrogens with two attached hydrogens (primary N) is 1. The van der Waals surface area contributed by atoms with Gasteiger partial charge in [-0.3, -0.25) is 23.4 Å². The van der Waals surface area contributed by atoms with Crippen molar-refractivity contribution in [1.29, 1.82) is 0 Å². The number of rotatable bonds is 36. The lowest BCUT2D eigenvalue weighted by atomic mass is 10.0. The highest BCUT2D eigenvalue weighted by Crippen LogP contribution is 2.43. The van der Waals surface area contributed by atoms with Crippen molar-refractivity contribution in [3.8, 4) is 0 Å². The SMILES string of the molecule is CCCc1cc(C)c(CCCCCCCCCCC(=O)OC(COC(=O)CCCCCCCCCCc2oc(CCC)c(C)c2C)COP(=O)(O)OCC(N)C(=O)O)o1. The highest BCUT2D eigenvalue weighted by molar-refractivity contribution is 7.47. The number of phosphoric acid groups is 1. The summed E-state index contributed by atoms with van der Waals surface area (Å²) in [5, 5.41) is 8.91. The molecule has 0 fully saturated rings. The number of carbonyl (C=O) groups is 3. The molecule has 14 heteroatoms. The average molecular weight is 854 g/mol. The van der Waals surface area contributed by atoms with Gasteiger partial charge in [0.1, 0.15) is 35.7 Å². The first-order valence-corrected chi connectivity index (χ1v) is 23.9. The highest BCUT2D eigenvalue weighted by Gasteiger charge is 2.28. The number of phosphoric ester groups is 1. The first-order valence-electron chi connectivity index (χ1n) is 22.4. The first kappa shape index (κ1) is 52.2. The fourth-order valence-corrected chi connectivity index (χ4v) is 7.72. The Kier molecular flexibility index (Phi) is 26.6. The Morgan fingerprint density at radius 2 is 1.12 bits per heavy atom. The summed E-state index contributed by atoms with van der Waals surface area (Å²) >= 11 is 0. The lowest BCUT2D eigenvalue weighted by molar-refractivity contribution is -0.161. The summed E-state index contributed by atoms with van der Waals surface area (Å²) in [6.07, 6.45) is 21.6. The zero-order chi connectivity index (χ0) is 43.5. The molecule has 0 radical (unpaired) electrons. The summed E-state index contributed by atoms with van der Waals surface area (Å²) in [5.41, 5.74) is 9.18. The number of aryl methyl sites for hydroxylation is 5. The van der Waals surface area contributed by atoms with Crippen LogP contribution in [0.15, 0.2) is 14.9 Å². The van der Waals surface area contributed by atoms with Crippen molar-refractivity contribution in [1.82, 2.24) is 0 Å². The molecule has 0 aliphatic carbocycles. The van der Waals surface area contributed by atoms with Gasteiger partial charge < -0.3 is 34.0 Å². The number of aliphatic carboxylic acids is 1. The van der Waals surface area contributed by atoms with Crippen molar-refractivity contribution < 1.29 is 56.3 Å². The van der Waals surface area contributed by atoms with Gasteiger partial charge in [0.05, 0.1) is 13.2 Å². The molecule has 13 nitrogen and oxygen atoms in total. The van der Waals surface area contributed by atoms with E-state index in [1.807, 2.05) is 0 Å². The van der Waals surface area contributed by atoms with Gasteiger partial charge in [-0.2, -0.15) is 0 Å². The Hall–Kier alpha value is -2.96. The molecule has 0 saturated heterocycles. The molecule has 59 heavy (non-hydrogen) atoms. The van der Waals surface area contributed by atoms with E-state index in [0.29, 0.717) is 12.8 Å². The van der Waals surface area contributed by atoms with E-state index < -0.39 is 51.1 Å². The van der Waals surface area contributed by atoms with Gasteiger partial charge in [0, 0.05) is 38.5 Å². The van der Waals surface area contributed by atoms with Gasteiger partial charge in [-0.05, 0) is 82.1 Å². The molecule has 0 aromatic carbocycles. The summed E-state index contributed by atoms with van der Waals surface area (Å²) < 4.78 is 44.9. The van der Waals surface area contributed by atoms with Crippen LogP contribution in [0.4, 0.5) is 0 Å². The van der Waals surface area contributed by atoms with E-state index in [2.05, 4.69) is 45.2 Å². The van der Waals surface area contributed by atoms with E-state index in [-0.39, 0.29) is 19.4 Å². The van der Waals surface area contributed by atoms with Crippen LogP contribution in [-0.2, 0) is 63.2 Å². The van der Waals surface area contributed by atoms with Crippen molar-refractivity contribution in [2.45, 2.75) is 201 Å². The number of ether oxygens (including phenoxy) is 2. The normalized spacial score (nSPS) is 13.6. The van der Waals surface area contributed by atoms with Crippen LogP contribution in [0.2, 0.25) is 0 Å². The third kappa shape index (κ3) is 23.0. The van der Waals surface area contributed by atoms with E-state index in [1.54, 1.807) is 0 Å². The average Bonchev–Trinajstić information content (AvgIpc) is 3.68. The highest BCUT2D eigenvalue weighted by atomic mass is 31.2. The zero-order valence-corrected chi connectivity index (χ0v) is 37.7. The van der Waals surface area contributed by atoms with Gasteiger partial charge in [-0.25, -0.2) is 4.57 Å². The van der Waals surface area contributed by atoms with Gasteiger partial charge in [-0.1, -0.05) is 90.9 Å². The second-order valence-electron chi connectivity index (χ2n) is 16.0. The molecule has 0 amide bonds. The lowest BCUT2D eigenvalue weighted by Crippen LogP contribution is -2.34. The summed E-state index contributed by atoms with van der Waals surface area (Å²) in [6, 6.07) is 0.624. The molecule has 0 bridgehead atoms. The second kappa shape index (κ2) is 30.1. The van der Waals surface area contributed by atoms with Gasteiger partial charge in [-0.15, -0.1) is 0 Å². The van der Waals surface area contributed by atoms with Crippen LogP contribution in [0.25, 0.3) is 0 Å². The number of hydrogen-bond acceptors (Lipinski definition) is 11. The minimum Gasteiger partial charge on any atom is -0.480 e. The number of unbranched alkanes of at least 4 members (excludes halogenated alkanes) is 14. The second-order valence-corrected chi connectivity index (χ2v) is 17.4.